The SMILES string of the molecule is Cc1noc(C)c1-c1cc(F)cc(C(F)F)c1. The van der Waals surface area contributed by atoms with Gasteiger partial charge in [0.25, 0.3) is 6.43 Å². The van der Waals surface area contributed by atoms with Gasteiger partial charge in [-0.2, -0.15) is 0 Å². The van der Waals surface area contributed by atoms with Gasteiger partial charge in [0.2, 0.25) is 0 Å². The third-order valence-electron chi connectivity index (χ3n) is 2.49. The van der Waals surface area contributed by atoms with Crippen LogP contribution in [0.3, 0.4) is 0 Å². The summed E-state index contributed by atoms with van der Waals surface area (Å²) in [6.07, 6.45) is -2.70. The average Bonchev–Trinajstić information content (AvgIpc) is 2.57. The molecule has 0 unspecified atom stereocenters. The van der Waals surface area contributed by atoms with Crippen molar-refractivity contribution in [1.29, 1.82) is 0 Å². The quantitative estimate of drug-likeness (QED) is 0.793. The van der Waals surface area contributed by atoms with E-state index in [1.54, 1.807) is 13.8 Å². The molecule has 0 saturated heterocycles. The van der Waals surface area contributed by atoms with E-state index in [0.29, 0.717) is 22.6 Å². The van der Waals surface area contributed by atoms with Crippen LogP contribution in [0.1, 0.15) is 23.4 Å². The standard InChI is InChI=1S/C12H10F3NO/c1-6-11(7(2)17-16-6)8-3-9(12(14)15)5-10(13)4-8/h3-5,12H,1-2H3. The topological polar surface area (TPSA) is 26.0 Å². The van der Waals surface area contributed by atoms with Gasteiger partial charge in [0, 0.05) is 11.1 Å². The van der Waals surface area contributed by atoms with Gasteiger partial charge in [-0.1, -0.05) is 5.16 Å². The van der Waals surface area contributed by atoms with Crippen molar-refractivity contribution in [2.45, 2.75) is 20.3 Å². The number of hydrogen-bond donors (Lipinski definition) is 0. The number of benzene rings is 1. The van der Waals surface area contributed by atoms with Crippen LogP contribution in [0.4, 0.5) is 13.2 Å². The Kier molecular flexibility index (Phi) is 2.92. The second-order valence-electron chi connectivity index (χ2n) is 3.77. The molecule has 0 fully saturated rings. The van der Waals surface area contributed by atoms with Crippen molar-refractivity contribution in [2.24, 2.45) is 0 Å². The maximum absolute atomic E-state index is 13.3. The first-order valence-electron chi connectivity index (χ1n) is 5.01. The van der Waals surface area contributed by atoms with E-state index in [1.165, 1.54) is 12.1 Å². The Morgan fingerprint density at radius 2 is 1.88 bits per heavy atom. The lowest BCUT2D eigenvalue weighted by Crippen LogP contribution is -1.90. The van der Waals surface area contributed by atoms with Crippen LogP contribution in [0.5, 0.6) is 0 Å². The highest BCUT2D eigenvalue weighted by Gasteiger charge is 2.16. The Balaban J connectivity index is 2.60. The van der Waals surface area contributed by atoms with E-state index < -0.39 is 12.2 Å². The second kappa shape index (κ2) is 4.24. The average molecular weight is 241 g/mol. The summed E-state index contributed by atoms with van der Waals surface area (Å²) in [4.78, 5) is 0. The fraction of sp³-hybridized carbons (Fsp3) is 0.250. The van der Waals surface area contributed by atoms with Gasteiger partial charge in [0.1, 0.15) is 11.6 Å². The zero-order valence-electron chi connectivity index (χ0n) is 9.30. The van der Waals surface area contributed by atoms with Crippen molar-refractivity contribution in [3.05, 3.63) is 41.0 Å². The van der Waals surface area contributed by atoms with Gasteiger partial charge < -0.3 is 4.52 Å². The van der Waals surface area contributed by atoms with Crippen molar-refractivity contribution in [2.75, 3.05) is 0 Å². The predicted octanol–water partition coefficient (Wildman–Crippen LogP) is 4.04. The first-order valence-corrected chi connectivity index (χ1v) is 5.01. The zero-order chi connectivity index (χ0) is 12.6. The molecular weight excluding hydrogens is 231 g/mol. The molecule has 0 aliphatic carbocycles. The van der Waals surface area contributed by atoms with Crippen molar-refractivity contribution in [3.8, 4) is 11.1 Å². The molecule has 0 N–H and O–H groups in total. The minimum Gasteiger partial charge on any atom is -0.361 e. The zero-order valence-corrected chi connectivity index (χ0v) is 9.30. The Morgan fingerprint density at radius 1 is 1.18 bits per heavy atom. The minimum absolute atomic E-state index is 0.347. The molecule has 0 radical (unpaired) electrons. The molecular formula is C12H10F3NO. The van der Waals surface area contributed by atoms with Crippen molar-refractivity contribution in [1.82, 2.24) is 5.16 Å². The molecule has 0 aliphatic heterocycles. The van der Waals surface area contributed by atoms with Crippen LogP contribution < -0.4 is 0 Å². The van der Waals surface area contributed by atoms with Crippen LogP contribution in [-0.4, -0.2) is 5.16 Å². The maximum atomic E-state index is 13.3. The van der Waals surface area contributed by atoms with E-state index >= 15 is 0 Å². The van der Waals surface area contributed by atoms with E-state index in [4.69, 9.17) is 4.52 Å². The fourth-order valence-corrected chi connectivity index (χ4v) is 1.78. The van der Waals surface area contributed by atoms with E-state index in [0.717, 1.165) is 6.07 Å². The highest BCUT2D eigenvalue weighted by atomic mass is 19.3. The summed E-state index contributed by atoms with van der Waals surface area (Å²) < 4.78 is 43.3. The van der Waals surface area contributed by atoms with Crippen LogP contribution in [0.2, 0.25) is 0 Å². The summed E-state index contributed by atoms with van der Waals surface area (Å²) in [6.45, 7) is 3.33. The summed E-state index contributed by atoms with van der Waals surface area (Å²) in [5.74, 6) is -0.217. The molecule has 1 heterocycles. The summed E-state index contributed by atoms with van der Waals surface area (Å²) in [6, 6.07) is 3.27. The van der Waals surface area contributed by atoms with Crippen LogP contribution in [0.15, 0.2) is 22.7 Å². The van der Waals surface area contributed by atoms with Gasteiger partial charge in [-0.3, -0.25) is 0 Å². The molecule has 0 aliphatic rings. The smallest absolute Gasteiger partial charge is 0.263 e. The van der Waals surface area contributed by atoms with Crippen molar-refractivity contribution >= 4 is 0 Å². The summed E-state index contributed by atoms with van der Waals surface area (Å²) >= 11 is 0. The lowest BCUT2D eigenvalue weighted by molar-refractivity contribution is 0.151. The van der Waals surface area contributed by atoms with Crippen LogP contribution in [0, 0.1) is 19.7 Å². The van der Waals surface area contributed by atoms with E-state index in [2.05, 4.69) is 5.16 Å². The highest BCUT2D eigenvalue weighted by molar-refractivity contribution is 5.68. The molecule has 0 saturated carbocycles. The number of nitrogens with zero attached hydrogens (tertiary/aromatic N) is 1. The number of hydrogen-bond acceptors (Lipinski definition) is 2. The van der Waals surface area contributed by atoms with E-state index in [1.807, 2.05) is 0 Å². The third kappa shape index (κ3) is 2.18. The largest absolute Gasteiger partial charge is 0.361 e. The number of aryl methyl sites for hydroxylation is 2. The van der Waals surface area contributed by atoms with Gasteiger partial charge in [-0.05, 0) is 37.6 Å². The van der Waals surface area contributed by atoms with E-state index in [-0.39, 0.29) is 5.56 Å². The number of rotatable bonds is 2. The van der Waals surface area contributed by atoms with Gasteiger partial charge in [0.05, 0.1) is 5.69 Å². The maximum Gasteiger partial charge on any atom is 0.263 e. The van der Waals surface area contributed by atoms with Crippen LogP contribution >= 0.6 is 0 Å². The number of alkyl halides is 2. The first kappa shape index (κ1) is 11.7. The molecule has 2 nitrogen and oxygen atoms in total. The van der Waals surface area contributed by atoms with Crippen LogP contribution in [-0.2, 0) is 0 Å². The third-order valence-corrected chi connectivity index (χ3v) is 2.49. The Bertz CT molecular complexity index is 529. The lowest BCUT2D eigenvalue weighted by atomic mass is 10.0. The number of halogens is 3. The summed E-state index contributed by atoms with van der Waals surface area (Å²) in [7, 11) is 0. The normalized spacial score (nSPS) is 11.2. The second-order valence-corrected chi connectivity index (χ2v) is 3.77. The predicted molar refractivity (Wildman–Crippen MR) is 56.3 cm³/mol. The fourth-order valence-electron chi connectivity index (χ4n) is 1.78. The Hall–Kier alpha value is -1.78. The summed E-state index contributed by atoms with van der Waals surface area (Å²) in [5, 5.41) is 3.71. The minimum atomic E-state index is -2.70. The number of aromatic nitrogens is 1. The van der Waals surface area contributed by atoms with Gasteiger partial charge in [-0.15, -0.1) is 0 Å². The van der Waals surface area contributed by atoms with Gasteiger partial charge in [-0.25, -0.2) is 13.2 Å². The van der Waals surface area contributed by atoms with Gasteiger partial charge >= 0.3 is 0 Å². The molecule has 5 heteroatoms. The van der Waals surface area contributed by atoms with Gasteiger partial charge in [0.15, 0.2) is 0 Å². The molecule has 17 heavy (non-hydrogen) atoms. The Morgan fingerprint density at radius 3 is 2.41 bits per heavy atom. The molecule has 0 spiro atoms. The first-order chi connectivity index (χ1) is 7.99. The Labute approximate surface area is 96.0 Å². The van der Waals surface area contributed by atoms with Crippen molar-refractivity contribution in [3.63, 3.8) is 0 Å². The monoisotopic (exact) mass is 241 g/mol. The summed E-state index contributed by atoms with van der Waals surface area (Å²) in [5.41, 5.74) is 1.12. The molecule has 90 valence electrons. The molecule has 0 amide bonds. The van der Waals surface area contributed by atoms with Crippen molar-refractivity contribution < 1.29 is 17.7 Å². The molecule has 1 aromatic heterocycles. The molecule has 2 aromatic rings. The lowest BCUT2D eigenvalue weighted by Gasteiger charge is -2.05. The molecule has 2 rings (SSSR count). The van der Waals surface area contributed by atoms with E-state index in [9.17, 15) is 13.2 Å². The molecule has 1 aromatic carbocycles. The highest BCUT2D eigenvalue weighted by Crippen LogP contribution is 2.31. The molecule has 0 atom stereocenters. The van der Waals surface area contributed by atoms with Crippen LogP contribution in [0.25, 0.3) is 11.1 Å². The molecule has 0 bridgehead atoms.